The molecule has 1 fully saturated rings. The molecular weight excluding hydrogens is 244 g/mol. The number of nitrogens with one attached hydrogen (secondary N) is 1. The Kier molecular flexibility index (Phi) is 3.63. The van der Waals surface area contributed by atoms with Gasteiger partial charge in [-0.05, 0) is 37.9 Å². The number of rotatable bonds is 3. The minimum absolute atomic E-state index is 0.0471. The Morgan fingerprint density at radius 3 is 3.00 bits per heavy atom. The molecule has 0 aromatic carbocycles. The summed E-state index contributed by atoms with van der Waals surface area (Å²) in [6.07, 6.45) is 1.98. The number of nitrogens with zero attached hydrogens (tertiary/aromatic N) is 1. The van der Waals surface area contributed by atoms with Crippen molar-refractivity contribution in [2.45, 2.75) is 23.1 Å². The van der Waals surface area contributed by atoms with Crippen molar-refractivity contribution in [3.8, 4) is 0 Å². The van der Waals surface area contributed by atoms with Crippen LogP contribution >= 0.6 is 11.3 Å². The van der Waals surface area contributed by atoms with Crippen LogP contribution in [-0.2, 0) is 10.0 Å². The van der Waals surface area contributed by atoms with Gasteiger partial charge in [-0.1, -0.05) is 6.07 Å². The highest BCUT2D eigenvalue weighted by atomic mass is 32.2. The van der Waals surface area contributed by atoms with Gasteiger partial charge in [0.1, 0.15) is 4.21 Å². The number of hydrogen-bond acceptors (Lipinski definition) is 4. The maximum atomic E-state index is 11.9. The first-order valence-electron chi connectivity index (χ1n) is 5.32. The summed E-state index contributed by atoms with van der Waals surface area (Å²) in [4.78, 5) is 2.16. The van der Waals surface area contributed by atoms with Crippen LogP contribution in [0.15, 0.2) is 21.7 Å². The minimum Gasteiger partial charge on any atom is -0.305 e. The SMILES string of the molecule is CN1CCC[C@@H](NS(=O)(=O)c2cccs2)C1. The lowest BCUT2D eigenvalue weighted by atomic mass is 10.1. The molecule has 2 heterocycles. The van der Waals surface area contributed by atoms with Crippen LogP contribution in [0.25, 0.3) is 0 Å². The van der Waals surface area contributed by atoms with Crippen LogP contribution in [0, 0.1) is 0 Å². The van der Waals surface area contributed by atoms with E-state index in [-0.39, 0.29) is 6.04 Å². The first-order chi connectivity index (χ1) is 7.58. The fourth-order valence-corrected chi connectivity index (χ4v) is 4.23. The van der Waals surface area contributed by atoms with Crippen LogP contribution in [0.2, 0.25) is 0 Å². The van der Waals surface area contributed by atoms with Crippen LogP contribution in [0.3, 0.4) is 0 Å². The number of sulfonamides is 1. The molecule has 2 rings (SSSR count). The number of hydrogen-bond donors (Lipinski definition) is 1. The van der Waals surface area contributed by atoms with Crippen LogP contribution in [0.4, 0.5) is 0 Å². The summed E-state index contributed by atoms with van der Waals surface area (Å²) >= 11 is 1.26. The van der Waals surface area contributed by atoms with Gasteiger partial charge >= 0.3 is 0 Å². The van der Waals surface area contributed by atoms with Crippen molar-refractivity contribution in [2.75, 3.05) is 20.1 Å². The van der Waals surface area contributed by atoms with E-state index in [1.807, 2.05) is 7.05 Å². The number of likely N-dealkylation sites (tertiary alicyclic amines) is 1. The molecule has 0 spiro atoms. The molecule has 4 nitrogen and oxygen atoms in total. The third-order valence-corrected chi connectivity index (χ3v) is 5.62. The number of piperidine rings is 1. The fourth-order valence-electron chi connectivity index (χ4n) is 1.96. The van der Waals surface area contributed by atoms with Crippen molar-refractivity contribution < 1.29 is 8.42 Å². The molecule has 1 saturated heterocycles. The normalized spacial score (nSPS) is 23.4. The summed E-state index contributed by atoms with van der Waals surface area (Å²) in [5.74, 6) is 0. The van der Waals surface area contributed by atoms with Gasteiger partial charge < -0.3 is 4.90 Å². The van der Waals surface area contributed by atoms with Crippen molar-refractivity contribution in [1.29, 1.82) is 0 Å². The Hall–Kier alpha value is -0.430. The fraction of sp³-hybridized carbons (Fsp3) is 0.600. The standard InChI is InChI=1S/C10H16N2O2S2/c1-12-6-2-4-9(8-12)11-16(13,14)10-5-3-7-15-10/h3,5,7,9,11H,2,4,6,8H2,1H3/t9-/m1/s1. The first-order valence-corrected chi connectivity index (χ1v) is 7.68. The molecule has 16 heavy (non-hydrogen) atoms. The van der Waals surface area contributed by atoms with Crippen molar-refractivity contribution in [3.63, 3.8) is 0 Å². The second kappa shape index (κ2) is 4.83. The minimum atomic E-state index is -3.30. The van der Waals surface area contributed by atoms with Gasteiger partial charge in [0.15, 0.2) is 0 Å². The van der Waals surface area contributed by atoms with Crippen molar-refractivity contribution in [2.24, 2.45) is 0 Å². The molecule has 1 aliphatic rings. The van der Waals surface area contributed by atoms with E-state index in [0.717, 1.165) is 25.9 Å². The third kappa shape index (κ3) is 2.82. The van der Waals surface area contributed by atoms with Crippen LogP contribution in [0.1, 0.15) is 12.8 Å². The highest BCUT2D eigenvalue weighted by Crippen LogP contribution is 2.17. The lowest BCUT2D eigenvalue weighted by Crippen LogP contribution is -2.46. The summed E-state index contributed by atoms with van der Waals surface area (Å²) in [7, 11) is -1.28. The second-order valence-electron chi connectivity index (χ2n) is 4.15. The Morgan fingerprint density at radius 1 is 1.56 bits per heavy atom. The molecule has 0 unspecified atom stereocenters. The zero-order valence-electron chi connectivity index (χ0n) is 9.22. The van der Waals surface area contributed by atoms with Gasteiger partial charge in [-0.25, -0.2) is 13.1 Å². The highest BCUT2D eigenvalue weighted by Gasteiger charge is 2.24. The van der Waals surface area contributed by atoms with Gasteiger partial charge in [0.05, 0.1) is 0 Å². The van der Waals surface area contributed by atoms with Gasteiger partial charge in [-0.2, -0.15) is 0 Å². The van der Waals surface area contributed by atoms with Crippen molar-refractivity contribution in [1.82, 2.24) is 9.62 Å². The molecule has 1 aromatic rings. The Labute approximate surface area is 100 Å². The van der Waals surface area contributed by atoms with E-state index >= 15 is 0 Å². The van der Waals surface area contributed by atoms with Crippen molar-refractivity contribution >= 4 is 21.4 Å². The lowest BCUT2D eigenvalue weighted by Gasteiger charge is -2.29. The summed E-state index contributed by atoms with van der Waals surface area (Å²) in [6, 6.07) is 3.44. The van der Waals surface area contributed by atoms with Gasteiger partial charge in [-0.3, -0.25) is 0 Å². The summed E-state index contributed by atoms with van der Waals surface area (Å²) in [5.41, 5.74) is 0. The average Bonchev–Trinajstić information content (AvgIpc) is 2.69. The maximum Gasteiger partial charge on any atom is 0.250 e. The second-order valence-corrected chi connectivity index (χ2v) is 7.04. The predicted molar refractivity (Wildman–Crippen MR) is 65.2 cm³/mol. The van der Waals surface area contributed by atoms with Crippen LogP contribution in [-0.4, -0.2) is 39.5 Å². The number of thiophene rings is 1. The average molecular weight is 260 g/mol. The molecule has 0 saturated carbocycles. The molecule has 90 valence electrons. The molecule has 1 atom stereocenters. The quantitative estimate of drug-likeness (QED) is 0.886. The molecule has 0 amide bonds. The molecular formula is C10H16N2O2S2. The van der Waals surface area contributed by atoms with E-state index < -0.39 is 10.0 Å². The van der Waals surface area contributed by atoms with E-state index in [4.69, 9.17) is 0 Å². The maximum absolute atomic E-state index is 11.9. The predicted octanol–water partition coefficient (Wildman–Crippen LogP) is 1.12. The third-order valence-electron chi connectivity index (χ3n) is 2.71. The van der Waals surface area contributed by atoms with E-state index in [9.17, 15) is 8.42 Å². The molecule has 1 aromatic heterocycles. The van der Waals surface area contributed by atoms with Crippen molar-refractivity contribution in [3.05, 3.63) is 17.5 Å². The Bertz CT molecular complexity index is 428. The molecule has 0 bridgehead atoms. The van der Waals surface area contributed by atoms with Crippen LogP contribution < -0.4 is 4.72 Å². The van der Waals surface area contributed by atoms with Gasteiger partial charge in [0.25, 0.3) is 0 Å². The van der Waals surface area contributed by atoms with Crippen LogP contribution in [0.5, 0.6) is 0 Å². The largest absolute Gasteiger partial charge is 0.305 e. The number of likely N-dealkylation sites (N-methyl/N-ethyl adjacent to an activating group) is 1. The zero-order chi connectivity index (χ0) is 11.6. The summed E-state index contributed by atoms with van der Waals surface area (Å²) < 4.78 is 27.1. The van der Waals surface area contributed by atoms with E-state index in [1.54, 1.807) is 17.5 Å². The van der Waals surface area contributed by atoms with Gasteiger partial charge in [0.2, 0.25) is 10.0 Å². The molecule has 1 aliphatic heterocycles. The molecule has 1 N–H and O–H groups in total. The molecule has 0 aliphatic carbocycles. The lowest BCUT2D eigenvalue weighted by molar-refractivity contribution is 0.242. The summed E-state index contributed by atoms with van der Waals surface area (Å²) in [5, 5.41) is 1.78. The zero-order valence-corrected chi connectivity index (χ0v) is 10.9. The topological polar surface area (TPSA) is 49.4 Å². The monoisotopic (exact) mass is 260 g/mol. The molecule has 0 radical (unpaired) electrons. The van der Waals surface area contributed by atoms with E-state index in [1.165, 1.54) is 11.3 Å². The summed E-state index contributed by atoms with van der Waals surface area (Å²) in [6.45, 7) is 1.85. The Morgan fingerprint density at radius 2 is 2.38 bits per heavy atom. The Balaban J connectivity index is 2.04. The van der Waals surface area contributed by atoms with E-state index in [2.05, 4.69) is 9.62 Å². The first kappa shape index (κ1) is 12.0. The van der Waals surface area contributed by atoms with Gasteiger partial charge in [-0.15, -0.1) is 11.3 Å². The molecule has 6 heteroatoms. The smallest absolute Gasteiger partial charge is 0.250 e. The van der Waals surface area contributed by atoms with E-state index in [0.29, 0.717) is 4.21 Å². The van der Waals surface area contributed by atoms with Gasteiger partial charge in [0, 0.05) is 12.6 Å². The highest BCUT2D eigenvalue weighted by molar-refractivity contribution is 7.91.